The quantitative estimate of drug-likeness (QED) is 0.380. The third kappa shape index (κ3) is 3.20. The van der Waals surface area contributed by atoms with Gasteiger partial charge in [-0.2, -0.15) is 13.2 Å². The third-order valence-corrected chi connectivity index (χ3v) is 3.69. The maximum Gasteiger partial charge on any atom is 0.393 e. The van der Waals surface area contributed by atoms with Crippen molar-refractivity contribution >= 4 is 11.7 Å². The predicted molar refractivity (Wildman–Crippen MR) is 72.5 cm³/mol. The molecule has 0 radical (unpaired) electrons. The Hall–Kier alpha value is -1.99. The Labute approximate surface area is 120 Å². The summed E-state index contributed by atoms with van der Waals surface area (Å²) in [6, 6.07) is 1.67. The Kier molecular flexibility index (Phi) is 4.24. The molecule has 1 aromatic heterocycles. The zero-order valence-electron chi connectivity index (χ0n) is 11.6. The minimum absolute atomic E-state index is 0.116. The number of rotatable bonds is 2. The van der Waals surface area contributed by atoms with Crippen LogP contribution in [0.2, 0.25) is 0 Å². The Balaban J connectivity index is 2.36. The van der Waals surface area contributed by atoms with Gasteiger partial charge >= 0.3 is 6.18 Å². The molecule has 5 nitrogen and oxygen atoms in total. The van der Waals surface area contributed by atoms with Crippen LogP contribution in [0.15, 0.2) is 17.4 Å². The summed E-state index contributed by atoms with van der Waals surface area (Å²) in [5.41, 5.74) is 6.71. The Morgan fingerprint density at radius 2 is 2.24 bits per heavy atom. The van der Waals surface area contributed by atoms with Crippen molar-refractivity contribution in [3.63, 3.8) is 0 Å². The normalized spacial score (nSPS) is 20.7. The molecule has 0 bridgehead atoms. The summed E-state index contributed by atoms with van der Waals surface area (Å²) in [4.78, 5) is 5.69. The van der Waals surface area contributed by atoms with Gasteiger partial charge in [0.2, 0.25) is 0 Å². The number of aromatic nitrogens is 1. The second-order valence-corrected chi connectivity index (χ2v) is 5.14. The maximum atomic E-state index is 12.9. The van der Waals surface area contributed by atoms with E-state index in [-0.39, 0.29) is 18.8 Å². The van der Waals surface area contributed by atoms with E-state index < -0.39 is 12.1 Å². The Morgan fingerprint density at radius 1 is 1.52 bits per heavy atom. The fraction of sp³-hybridized carbons (Fsp3) is 0.538. The summed E-state index contributed by atoms with van der Waals surface area (Å²) in [6.45, 7) is 2.05. The number of halogens is 3. The average molecular weight is 302 g/mol. The van der Waals surface area contributed by atoms with Crippen LogP contribution in [0.3, 0.4) is 0 Å². The first-order valence-corrected chi connectivity index (χ1v) is 6.59. The zero-order valence-corrected chi connectivity index (χ0v) is 11.6. The summed E-state index contributed by atoms with van der Waals surface area (Å²) < 4.78 is 38.7. The van der Waals surface area contributed by atoms with E-state index in [9.17, 15) is 13.2 Å². The molecule has 0 spiro atoms. The first-order valence-electron chi connectivity index (χ1n) is 6.59. The third-order valence-electron chi connectivity index (χ3n) is 3.69. The molecule has 2 heterocycles. The van der Waals surface area contributed by atoms with E-state index in [0.717, 1.165) is 0 Å². The second kappa shape index (κ2) is 5.79. The van der Waals surface area contributed by atoms with Crippen molar-refractivity contribution in [3.8, 4) is 0 Å². The summed E-state index contributed by atoms with van der Waals surface area (Å²) in [6.07, 6.45) is -2.17. The molecule has 8 heteroatoms. The van der Waals surface area contributed by atoms with Gasteiger partial charge < -0.3 is 15.8 Å². The number of hydrogen-bond acceptors (Lipinski definition) is 4. The lowest BCUT2D eigenvalue weighted by Crippen LogP contribution is -2.43. The topological polar surface area (TPSA) is 74.7 Å². The largest absolute Gasteiger partial charge is 0.409 e. The van der Waals surface area contributed by atoms with E-state index in [0.29, 0.717) is 29.9 Å². The van der Waals surface area contributed by atoms with Crippen LogP contribution in [0.5, 0.6) is 0 Å². The van der Waals surface area contributed by atoms with Gasteiger partial charge in [-0.25, -0.2) is 4.98 Å². The van der Waals surface area contributed by atoms with Crippen LogP contribution in [0, 0.1) is 12.8 Å². The number of amidine groups is 1. The van der Waals surface area contributed by atoms with Gasteiger partial charge in [0, 0.05) is 19.3 Å². The molecule has 0 aromatic carbocycles. The molecule has 1 atom stereocenters. The lowest BCUT2D eigenvalue weighted by atomic mass is 9.96. The Morgan fingerprint density at radius 3 is 2.86 bits per heavy atom. The molecule has 1 aliphatic rings. The van der Waals surface area contributed by atoms with Crippen molar-refractivity contribution in [2.24, 2.45) is 16.8 Å². The molecular weight excluding hydrogens is 285 g/mol. The number of piperidine rings is 1. The van der Waals surface area contributed by atoms with Gasteiger partial charge in [0.1, 0.15) is 5.82 Å². The van der Waals surface area contributed by atoms with Crippen LogP contribution in [0.4, 0.5) is 19.0 Å². The standard InChI is InChI=1S/C13H17F3N4O/c1-8-4-5-18-12(10(8)11(17)19-21)20-6-2-3-9(7-20)13(14,15)16/h4-5,9,21H,2-3,6-7H2,1H3,(H2,17,19). The van der Waals surface area contributed by atoms with Crippen molar-refractivity contribution < 1.29 is 18.4 Å². The number of pyridine rings is 1. The fourth-order valence-electron chi connectivity index (χ4n) is 2.59. The number of anilines is 1. The summed E-state index contributed by atoms with van der Waals surface area (Å²) in [5, 5.41) is 11.8. The molecule has 1 aliphatic heterocycles. The molecule has 21 heavy (non-hydrogen) atoms. The molecule has 0 saturated carbocycles. The summed E-state index contributed by atoms with van der Waals surface area (Å²) in [5.74, 6) is -1.20. The number of nitrogens with zero attached hydrogens (tertiary/aromatic N) is 3. The van der Waals surface area contributed by atoms with Crippen molar-refractivity contribution in [1.29, 1.82) is 0 Å². The van der Waals surface area contributed by atoms with Gasteiger partial charge in [-0.1, -0.05) is 5.16 Å². The monoisotopic (exact) mass is 302 g/mol. The van der Waals surface area contributed by atoms with Crippen LogP contribution in [0.25, 0.3) is 0 Å². The van der Waals surface area contributed by atoms with E-state index in [4.69, 9.17) is 10.9 Å². The van der Waals surface area contributed by atoms with Crippen LogP contribution >= 0.6 is 0 Å². The molecule has 0 amide bonds. The van der Waals surface area contributed by atoms with E-state index in [1.807, 2.05) is 0 Å². The average Bonchev–Trinajstić information content (AvgIpc) is 2.45. The smallest absolute Gasteiger partial charge is 0.393 e. The van der Waals surface area contributed by atoms with Gasteiger partial charge in [0.25, 0.3) is 0 Å². The minimum atomic E-state index is -4.22. The van der Waals surface area contributed by atoms with Crippen LogP contribution in [0.1, 0.15) is 24.0 Å². The molecule has 1 aromatic rings. The first kappa shape index (κ1) is 15.4. The number of aryl methyl sites for hydroxylation is 1. The minimum Gasteiger partial charge on any atom is -0.409 e. The Bertz CT molecular complexity index is 545. The van der Waals surface area contributed by atoms with Gasteiger partial charge in [-0.15, -0.1) is 0 Å². The summed E-state index contributed by atoms with van der Waals surface area (Å²) >= 11 is 0. The molecule has 0 aliphatic carbocycles. The SMILES string of the molecule is Cc1ccnc(N2CCCC(C(F)(F)F)C2)c1/C(N)=N/O. The molecule has 1 unspecified atom stereocenters. The second-order valence-electron chi connectivity index (χ2n) is 5.14. The number of alkyl halides is 3. The molecule has 1 saturated heterocycles. The molecular formula is C13H17F3N4O. The lowest BCUT2D eigenvalue weighted by molar-refractivity contribution is -0.176. The highest BCUT2D eigenvalue weighted by Gasteiger charge is 2.42. The van der Waals surface area contributed by atoms with E-state index in [1.165, 1.54) is 6.20 Å². The van der Waals surface area contributed by atoms with E-state index in [2.05, 4.69) is 10.1 Å². The van der Waals surface area contributed by atoms with Crippen LogP contribution < -0.4 is 10.6 Å². The van der Waals surface area contributed by atoms with Crippen molar-refractivity contribution in [3.05, 3.63) is 23.4 Å². The van der Waals surface area contributed by atoms with Gasteiger partial charge in [-0.3, -0.25) is 0 Å². The highest BCUT2D eigenvalue weighted by Crippen LogP contribution is 2.35. The lowest BCUT2D eigenvalue weighted by Gasteiger charge is -2.35. The zero-order chi connectivity index (χ0) is 15.6. The van der Waals surface area contributed by atoms with Gasteiger partial charge in [-0.05, 0) is 31.4 Å². The van der Waals surface area contributed by atoms with E-state index in [1.54, 1.807) is 17.9 Å². The number of oxime groups is 1. The predicted octanol–water partition coefficient (Wildman–Crippen LogP) is 2.26. The molecule has 2 rings (SSSR count). The molecule has 3 N–H and O–H groups in total. The molecule has 116 valence electrons. The fourth-order valence-corrected chi connectivity index (χ4v) is 2.59. The van der Waals surface area contributed by atoms with E-state index >= 15 is 0 Å². The van der Waals surface area contributed by atoms with Crippen molar-refractivity contribution in [2.75, 3.05) is 18.0 Å². The maximum absolute atomic E-state index is 12.9. The van der Waals surface area contributed by atoms with Crippen LogP contribution in [-0.2, 0) is 0 Å². The number of hydrogen-bond donors (Lipinski definition) is 2. The molecule has 1 fully saturated rings. The van der Waals surface area contributed by atoms with Gasteiger partial charge in [0.05, 0.1) is 11.5 Å². The number of nitrogens with two attached hydrogens (primary N) is 1. The van der Waals surface area contributed by atoms with Gasteiger partial charge in [0.15, 0.2) is 5.84 Å². The summed E-state index contributed by atoms with van der Waals surface area (Å²) in [7, 11) is 0. The highest BCUT2D eigenvalue weighted by atomic mass is 19.4. The highest BCUT2D eigenvalue weighted by molar-refractivity contribution is 6.02. The van der Waals surface area contributed by atoms with Crippen molar-refractivity contribution in [1.82, 2.24) is 4.98 Å². The van der Waals surface area contributed by atoms with Crippen LogP contribution in [-0.4, -0.2) is 35.3 Å². The van der Waals surface area contributed by atoms with Crippen molar-refractivity contribution in [2.45, 2.75) is 25.9 Å². The first-order chi connectivity index (χ1) is 9.84.